The maximum atomic E-state index is 12.3. The first-order valence-electron chi connectivity index (χ1n) is 5.03. The molecule has 1 aromatic heterocycles. The number of halogens is 3. The number of alkyl halides is 3. The quantitative estimate of drug-likeness (QED) is 0.771. The van der Waals surface area contributed by atoms with Gasteiger partial charge >= 0.3 is 12.1 Å². The average Bonchev–Trinajstić information content (AvgIpc) is 2.19. The van der Waals surface area contributed by atoms with Crippen LogP contribution in [0.25, 0.3) is 0 Å². The van der Waals surface area contributed by atoms with Crippen LogP contribution in [0.3, 0.4) is 0 Å². The van der Waals surface area contributed by atoms with Gasteiger partial charge in [-0.2, -0.15) is 13.2 Å². The first-order valence-corrected chi connectivity index (χ1v) is 5.03. The van der Waals surface area contributed by atoms with Crippen LogP contribution in [0.1, 0.15) is 28.5 Å². The number of aromatic nitrogens is 1. The van der Waals surface area contributed by atoms with E-state index in [9.17, 15) is 18.0 Å². The smallest absolute Gasteiger partial charge is 0.394 e. The van der Waals surface area contributed by atoms with Gasteiger partial charge in [-0.05, 0) is 25.5 Å². The molecule has 1 aromatic rings. The third kappa shape index (κ3) is 4.05. The summed E-state index contributed by atoms with van der Waals surface area (Å²) in [5, 5.41) is 0. The molecule has 1 heterocycles. The van der Waals surface area contributed by atoms with Crippen molar-refractivity contribution in [1.29, 1.82) is 0 Å². The minimum absolute atomic E-state index is 0.109. The highest BCUT2D eigenvalue weighted by Gasteiger charge is 2.31. The molecule has 6 heteroatoms. The molecular formula is C11H12F3NO2. The molecule has 94 valence electrons. The zero-order chi connectivity index (χ0) is 13.1. The standard InChI is InChI=1S/C11H12F3NO2/c1-3-17-10(16)8-4-7(2)6-15-9(8)5-11(12,13)14/h4,6H,3,5H2,1-2H3. The minimum Gasteiger partial charge on any atom is -0.462 e. The Morgan fingerprint density at radius 2 is 2.12 bits per heavy atom. The minimum atomic E-state index is -4.40. The molecule has 0 saturated heterocycles. The maximum absolute atomic E-state index is 12.3. The normalized spacial score (nSPS) is 11.4. The van der Waals surface area contributed by atoms with Gasteiger partial charge in [0, 0.05) is 6.20 Å². The van der Waals surface area contributed by atoms with E-state index in [1.54, 1.807) is 13.8 Å². The van der Waals surface area contributed by atoms with E-state index in [-0.39, 0.29) is 17.9 Å². The number of hydrogen-bond donors (Lipinski definition) is 0. The Morgan fingerprint density at radius 1 is 1.47 bits per heavy atom. The topological polar surface area (TPSA) is 39.2 Å². The molecule has 0 N–H and O–H groups in total. The van der Waals surface area contributed by atoms with Crippen LogP contribution in [0, 0.1) is 6.92 Å². The number of aryl methyl sites for hydroxylation is 1. The van der Waals surface area contributed by atoms with Gasteiger partial charge in [0.1, 0.15) is 0 Å². The molecule has 17 heavy (non-hydrogen) atoms. The van der Waals surface area contributed by atoms with Crippen LogP contribution in [0.2, 0.25) is 0 Å². The molecule has 0 radical (unpaired) electrons. The van der Waals surface area contributed by atoms with Crippen molar-refractivity contribution in [3.63, 3.8) is 0 Å². The number of carbonyl (C=O) groups is 1. The van der Waals surface area contributed by atoms with Crippen LogP contribution in [0.4, 0.5) is 13.2 Å². The summed E-state index contributed by atoms with van der Waals surface area (Å²) in [4.78, 5) is 15.1. The van der Waals surface area contributed by atoms with Crippen molar-refractivity contribution in [2.75, 3.05) is 6.61 Å². The fourth-order valence-corrected chi connectivity index (χ4v) is 1.31. The fourth-order valence-electron chi connectivity index (χ4n) is 1.31. The molecule has 0 spiro atoms. The Hall–Kier alpha value is -1.59. The Balaban J connectivity index is 3.08. The highest BCUT2D eigenvalue weighted by molar-refractivity contribution is 5.90. The van der Waals surface area contributed by atoms with Gasteiger partial charge in [0.15, 0.2) is 0 Å². The Labute approximate surface area is 96.6 Å². The van der Waals surface area contributed by atoms with Gasteiger partial charge in [0.25, 0.3) is 0 Å². The summed E-state index contributed by atoms with van der Waals surface area (Å²) < 4.78 is 41.5. The molecule has 0 saturated carbocycles. The molecule has 0 aliphatic carbocycles. The second kappa shape index (κ2) is 5.16. The van der Waals surface area contributed by atoms with Crippen LogP contribution in [-0.4, -0.2) is 23.7 Å². The largest absolute Gasteiger partial charge is 0.462 e. The summed E-state index contributed by atoms with van der Waals surface area (Å²) in [5.74, 6) is -0.775. The molecule has 0 aliphatic heterocycles. The van der Waals surface area contributed by atoms with Crippen LogP contribution in [0.15, 0.2) is 12.3 Å². The van der Waals surface area contributed by atoms with Crippen molar-refractivity contribution < 1.29 is 22.7 Å². The second-order valence-corrected chi connectivity index (χ2v) is 3.52. The summed E-state index contributed by atoms with van der Waals surface area (Å²) in [6, 6.07) is 1.35. The van der Waals surface area contributed by atoms with Crippen molar-refractivity contribution in [1.82, 2.24) is 4.98 Å². The van der Waals surface area contributed by atoms with E-state index in [0.29, 0.717) is 5.56 Å². The van der Waals surface area contributed by atoms with Gasteiger partial charge in [-0.3, -0.25) is 4.98 Å². The van der Waals surface area contributed by atoms with E-state index < -0.39 is 18.6 Å². The summed E-state index contributed by atoms with van der Waals surface area (Å²) in [6.07, 6.45) is -4.34. The number of hydrogen-bond acceptors (Lipinski definition) is 3. The number of nitrogens with zero attached hydrogens (tertiary/aromatic N) is 1. The molecule has 0 aromatic carbocycles. The van der Waals surface area contributed by atoms with Crippen molar-refractivity contribution >= 4 is 5.97 Å². The van der Waals surface area contributed by atoms with E-state index in [4.69, 9.17) is 4.74 Å². The lowest BCUT2D eigenvalue weighted by atomic mass is 10.1. The Kier molecular flexibility index (Phi) is 4.09. The fraction of sp³-hybridized carbons (Fsp3) is 0.455. The molecule has 0 atom stereocenters. The van der Waals surface area contributed by atoms with Crippen LogP contribution in [-0.2, 0) is 11.2 Å². The molecule has 0 aliphatic rings. The van der Waals surface area contributed by atoms with Gasteiger partial charge in [-0.15, -0.1) is 0 Å². The Morgan fingerprint density at radius 3 is 2.65 bits per heavy atom. The average molecular weight is 247 g/mol. The summed E-state index contributed by atoms with van der Waals surface area (Å²) in [7, 11) is 0. The maximum Gasteiger partial charge on any atom is 0.394 e. The molecule has 0 fully saturated rings. The monoisotopic (exact) mass is 247 g/mol. The van der Waals surface area contributed by atoms with Crippen molar-refractivity contribution in [3.8, 4) is 0 Å². The van der Waals surface area contributed by atoms with Gasteiger partial charge in [0.05, 0.1) is 24.3 Å². The lowest BCUT2D eigenvalue weighted by Gasteiger charge is -2.10. The molecule has 1 rings (SSSR count). The zero-order valence-electron chi connectivity index (χ0n) is 9.47. The lowest BCUT2D eigenvalue weighted by Crippen LogP contribution is -2.17. The van der Waals surface area contributed by atoms with E-state index in [1.165, 1.54) is 12.3 Å². The van der Waals surface area contributed by atoms with Crippen LogP contribution in [0.5, 0.6) is 0 Å². The molecule has 3 nitrogen and oxygen atoms in total. The summed E-state index contributed by atoms with van der Waals surface area (Å²) >= 11 is 0. The highest BCUT2D eigenvalue weighted by atomic mass is 19.4. The predicted octanol–water partition coefficient (Wildman–Crippen LogP) is 2.67. The van der Waals surface area contributed by atoms with Crippen LogP contribution >= 0.6 is 0 Å². The lowest BCUT2D eigenvalue weighted by molar-refractivity contribution is -0.127. The van der Waals surface area contributed by atoms with Gasteiger partial charge in [-0.25, -0.2) is 4.79 Å². The van der Waals surface area contributed by atoms with Crippen molar-refractivity contribution in [3.05, 3.63) is 29.1 Å². The number of ether oxygens (including phenoxy) is 1. The van der Waals surface area contributed by atoms with Gasteiger partial charge < -0.3 is 4.74 Å². The third-order valence-electron chi connectivity index (χ3n) is 1.97. The van der Waals surface area contributed by atoms with E-state index >= 15 is 0 Å². The number of esters is 1. The molecule has 0 bridgehead atoms. The zero-order valence-corrected chi connectivity index (χ0v) is 9.47. The first kappa shape index (κ1) is 13.5. The summed E-state index contributed by atoms with van der Waals surface area (Å²) in [6.45, 7) is 3.34. The van der Waals surface area contributed by atoms with Gasteiger partial charge in [-0.1, -0.05) is 0 Å². The van der Waals surface area contributed by atoms with E-state index in [1.807, 2.05) is 0 Å². The van der Waals surface area contributed by atoms with Crippen LogP contribution < -0.4 is 0 Å². The number of pyridine rings is 1. The third-order valence-corrected chi connectivity index (χ3v) is 1.97. The SMILES string of the molecule is CCOC(=O)c1cc(C)cnc1CC(F)(F)F. The second-order valence-electron chi connectivity index (χ2n) is 3.52. The molecular weight excluding hydrogens is 235 g/mol. The van der Waals surface area contributed by atoms with E-state index in [0.717, 1.165) is 0 Å². The van der Waals surface area contributed by atoms with E-state index in [2.05, 4.69) is 4.98 Å². The summed E-state index contributed by atoms with van der Waals surface area (Å²) in [5.41, 5.74) is 0.185. The number of carbonyl (C=O) groups excluding carboxylic acids is 1. The molecule has 0 unspecified atom stereocenters. The highest BCUT2D eigenvalue weighted by Crippen LogP contribution is 2.23. The first-order chi connectivity index (χ1) is 7.83. The Bertz CT molecular complexity index is 416. The van der Waals surface area contributed by atoms with Crippen molar-refractivity contribution in [2.24, 2.45) is 0 Å². The predicted molar refractivity (Wildman–Crippen MR) is 54.7 cm³/mol. The number of rotatable bonds is 3. The molecule has 0 amide bonds. The van der Waals surface area contributed by atoms with Crippen molar-refractivity contribution in [2.45, 2.75) is 26.4 Å². The van der Waals surface area contributed by atoms with Gasteiger partial charge in [0.2, 0.25) is 0 Å².